The molecule has 0 aliphatic rings. The van der Waals surface area contributed by atoms with Gasteiger partial charge in [-0.25, -0.2) is 4.98 Å². The van der Waals surface area contributed by atoms with Gasteiger partial charge in [0.1, 0.15) is 5.01 Å². The number of rotatable bonds is 6. The van der Waals surface area contributed by atoms with Gasteiger partial charge in [-0.05, 0) is 32.3 Å². The second-order valence-electron chi connectivity index (χ2n) is 5.19. The van der Waals surface area contributed by atoms with E-state index in [4.69, 9.17) is 0 Å². The summed E-state index contributed by atoms with van der Waals surface area (Å²) < 4.78 is 0. The Hall–Kier alpha value is -1.88. The Morgan fingerprint density at radius 2 is 1.95 bits per heavy atom. The molecule has 0 saturated heterocycles. The number of benzene rings is 1. The van der Waals surface area contributed by atoms with E-state index in [9.17, 15) is 0 Å². The molecule has 0 saturated carbocycles. The summed E-state index contributed by atoms with van der Waals surface area (Å²) in [5.74, 6) is 0.832. The van der Waals surface area contributed by atoms with Gasteiger partial charge in [-0.15, -0.1) is 11.3 Å². The molecule has 118 valence electrons. The zero-order valence-corrected chi connectivity index (χ0v) is 14.3. The largest absolute Gasteiger partial charge is 0.356 e. The van der Waals surface area contributed by atoms with Gasteiger partial charge in [0.2, 0.25) is 0 Å². The predicted molar refractivity (Wildman–Crippen MR) is 94.6 cm³/mol. The highest BCUT2D eigenvalue weighted by molar-refractivity contribution is 7.11. The predicted octanol–water partition coefficient (Wildman–Crippen LogP) is 3.06. The van der Waals surface area contributed by atoms with E-state index in [0.29, 0.717) is 0 Å². The van der Waals surface area contributed by atoms with Crippen LogP contribution in [0.2, 0.25) is 0 Å². The summed E-state index contributed by atoms with van der Waals surface area (Å²) in [6, 6.07) is 10.6. The van der Waals surface area contributed by atoms with Crippen molar-refractivity contribution in [3.8, 4) is 0 Å². The molecule has 0 unspecified atom stereocenters. The summed E-state index contributed by atoms with van der Waals surface area (Å²) in [5.41, 5.74) is 2.49. The fourth-order valence-electron chi connectivity index (χ4n) is 2.14. The van der Waals surface area contributed by atoms with Crippen LogP contribution in [0.4, 0.5) is 0 Å². The molecule has 0 atom stereocenters. The molecule has 2 aromatic rings. The molecule has 0 spiro atoms. The van der Waals surface area contributed by atoms with Crippen molar-refractivity contribution >= 4 is 17.3 Å². The van der Waals surface area contributed by atoms with E-state index in [1.54, 1.807) is 18.4 Å². The highest BCUT2D eigenvalue weighted by Crippen LogP contribution is 2.15. The second kappa shape index (κ2) is 8.54. The minimum Gasteiger partial charge on any atom is -0.356 e. The Kier molecular flexibility index (Phi) is 6.40. The molecule has 0 bridgehead atoms. The van der Waals surface area contributed by atoms with E-state index in [2.05, 4.69) is 57.9 Å². The summed E-state index contributed by atoms with van der Waals surface area (Å²) in [4.78, 5) is 10.1. The number of thiazole rings is 1. The van der Waals surface area contributed by atoms with Crippen LogP contribution in [-0.2, 0) is 13.0 Å². The molecule has 0 amide bonds. The first-order valence-corrected chi connectivity index (χ1v) is 8.42. The fraction of sp³-hybridized carbons (Fsp3) is 0.412. The maximum atomic E-state index is 4.53. The molecular weight excluding hydrogens is 292 g/mol. The molecule has 0 aliphatic carbocycles. The van der Waals surface area contributed by atoms with Crippen LogP contribution in [0.5, 0.6) is 0 Å². The van der Waals surface area contributed by atoms with Gasteiger partial charge in [0.15, 0.2) is 5.96 Å². The lowest BCUT2D eigenvalue weighted by molar-refractivity contribution is 0.740. The van der Waals surface area contributed by atoms with Gasteiger partial charge < -0.3 is 10.6 Å². The number of aliphatic imine (C=N–C) groups is 1. The van der Waals surface area contributed by atoms with Gasteiger partial charge in [0.05, 0.1) is 12.2 Å². The Labute approximate surface area is 136 Å². The van der Waals surface area contributed by atoms with Gasteiger partial charge in [-0.1, -0.05) is 30.3 Å². The number of aromatic nitrogens is 1. The summed E-state index contributed by atoms with van der Waals surface area (Å²) in [5, 5.41) is 7.76. The zero-order chi connectivity index (χ0) is 15.8. The Bertz CT molecular complexity index is 585. The van der Waals surface area contributed by atoms with Crippen molar-refractivity contribution < 1.29 is 0 Å². The minimum absolute atomic E-state index is 0.720. The van der Waals surface area contributed by atoms with Gasteiger partial charge >= 0.3 is 0 Å². The topological polar surface area (TPSA) is 49.3 Å². The third-order valence-electron chi connectivity index (χ3n) is 3.48. The molecule has 0 radical (unpaired) electrons. The zero-order valence-electron chi connectivity index (χ0n) is 13.5. The molecule has 1 aromatic carbocycles. The lowest BCUT2D eigenvalue weighted by Crippen LogP contribution is -2.37. The molecule has 1 heterocycles. The summed E-state index contributed by atoms with van der Waals surface area (Å²) in [7, 11) is 1.80. The minimum atomic E-state index is 0.720. The molecule has 1 aromatic heterocycles. The summed E-state index contributed by atoms with van der Waals surface area (Å²) >= 11 is 1.74. The van der Waals surface area contributed by atoms with E-state index in [-0.39, 0.29) is 0 Å². The van der Waals surface area contributed by atoms with Gasteiger partial charge in [-0.3, -0.25) is 4.99 Å². The van der Waals surface area contributed by atoms with E-state index in [1.807, 2.05) is 6.92 Å². The van der Waals surface area contributed by atoms with Crippen LogP contribution in [-0.4, -0.2) is 24.5 Å². The maximum Gasteiger partial charge on any atom is 0.191 e. The number of guanidine groups is 1. The average molecular weight is 316 g/mol. The Morgan fingerprint density at radius 3 is 2.59 bits per heavy atom. The van der Waals surface area contributed by atoms with Crippen LogP contribution in [0.15, 0.2) is 35.3 Å². The quantitative estimate of drug-likeness (QED) is 0.489. The van der Waals surface area contributed by atoms with E-state index in [0.717, 1.165) is 42.6 Å². The third kappa shape index (κ3) is 5.15. The Morgan fingerprint density at radius 1 is 1.18 bits per heavy atom. The first kappa shape index (κ1) is 16.5. The summed E-state index contributed by atoms with van der Waals surface area (Å²) in [6.07, 6.45) is 2.16. The molecule has 0 fully saturated rings. The molecule has 4 nitrogen and oxygen atoms in total. The van der Waals surface area contributed by atoms with Crippen molar-refractivity contribution in [2.45, 2.75) is 33.2 Å². The number of hydrogen-bond donors (Lipinski definition) is 2. The second-order valence-corrected chi connectivity index (χ2v) is 6.48. The Balaban J connectivity index is 1.69. The van der Waals surface area contributed by atoms with Crippen molar-refractivity contribution in [3.05, 3.63) is 51.5 Å². The number of hydrogen-bond acceptors (Lipinski definition) is 3. The first-order valence-electron chi connectivity index (χ1n) is 7.60. The van der Waals surface area contributed by atoms with Crippen molar-refractivity contribution in [1.82, 2.24) is 15.6 Å². The standard InChI is InChI=1S/C17H24N4S/c1-13-14(2)22-16(21-13)12-20-17(18-3)19-11-7-10-15-8-5-4-6-9-15/h4-6,8-9H,7,10-12H2,1-3H3,(H2,18,19,20). The molecule has 0 aliphatic heterocycles. The van der Waals surface area contributed by atoms with Crippen LogP contribution in [0, 0.1) is 13.8 Å². The summed E-state index contributed by atoms with van der Waals surface area (Å²) in [6.45, 7) is 5.78. The monoisotopic (exact) mass is 316 g/mol. The number of nitrogens with one attached hydrogen (secondary N) is 2. The van der Waals surface area contributed by atoms with Gasteiger partial charge in [0, 0.05) is 18.5 Å². The van der Waals surface area contributed by atoms with Crippen molar-refractivity contribution in [2.24, 2.45) is 4.99 Å². The molecule has 2 rings (SSSR count). The van der Waals surface area contributed by atoms with E-state index in [1.165, 1.54) is 10.4 Å². The van der Waals surface area contributed by atoms with Crippen molar-refractivity contribution in [3.63, 3.8) is 0 Å². The smallest absolute Gasteiger partial charge is 0.191 e. The van der Waals surface area contributed by atoms with Crippen LogP contribution in [0.3, 0.4) is 0 Å². The van der Waals surface area contributed by atoms with Gasteiger partial charge in [0.25, 0.3) is 0 Å². The van der Waals surface area contributed by atoms with E-state index < -0.39 is 0 Å². The maximum absolute atomic E-state index is 4.53. The third-order valence-corrected chi connectivity index (χ3v) is 4.55. The SMILES string of the molecule is CN=C(NCCCc1ccccc1)NCc1nc(C)c(C)s1. The van der Waals surface area contributed by atoms with Crippen molar-refractivity contribution in [2.75, 3.05) is 13.6 Å². The molecular formula is C17H24N4S. The molecule has 2 N–H and O–H groups in total. The first-order chi connectivity index (χ1) is 10.7. The van der Waals surface area contributed by atoms with Crippen LogP contribution in [0.1, 0.15) is 27.6 Å². The highest BCUT2D eigenvalue weighted by Gasteiger charge is 2.04. The molecule has 22 heavy (non-hydrogen) atoms. The lowest BCUT2D eigenvalue weighted by Gasteiger charge is -2.10. The number of nitrogens with zero attached hydrogens (tertiary/aromatic N) is 2. The fourth-order valence-corrected chi connectivity index (χ4v) is 3.01. The van der Waals surface area contributed by atoms with Crippen LogP contribution < -0.4 is 10.6 Å². The van der Waals surface area contributed by atoms with Gasteiger partial charge in [-0.2, -0.15) is 0 Å². The van der Waals surface area contributed by atoms with Crippen molar-refractivity contribution in [1.29, 1.82) is 0 Å². The highest BCUT2D eigenvalue weighted by atomic mass is 32.1. The normalized spacial score (nSPS) is 11.5. The van der Waals surface area contributed by atoms with Crippen LogP contribution in [0.25, 0.3) is 0 Å². The van der Waals surface area contributed by atoms with Crippen LogP contribution >= 0.6 is 11.3 Å². The van der Waals surface area contributed by atoms with E-state index >= 15 is 0 Å². The lowest BCUT2D eigenvalue weighted by atomic mass is 10.1. The average Bonchev–Trinajstić information content (AvgIpc) is 2.86. The molecule has 5 heteroatoms. The number of aryl methyl sites for hydroxylation is 3.